The molecule has 0 saturated carbocycles. The van der Waals surface area contributed by atoms with Crippen LogP contribution in [0.2, 0.25) is 0 Å². The van der Waals surface area contributed by atoms with Gasteiger partial charge in [-0.25, -0.2) is 5.57 Å². The summed E-state index contributed by atoms with van der Waals surface area (Å²) in [6.07, 6.45) is 3.44. The van der Waals surface area contributed by atoms with Gasteiger partial charge in [-0.1, -0.05) is 76.4 Å². The van der Waals surface area contributed by atoms with Crippen LogP contribution in [0.5, 0.6) is 0 Å². The Hall–Kier alpha value is -1.17. The summed E-state index contributed by atoms with van der Waals surface area (Å²) < 4.78 is 0. The fraction of sp³-hybridized carbons (Fsp3) is 0.269. The van der Waals surface area contributed by atoms with E-state index in [1.165, 1.54) is 43.7 Å². The summed E-state index contributed by atoms with van der Waals surface area (Å²) in [5.74, 6) is 0. The van der Waals surface area contributed by atoms with Gasteiger partial charge in [0.1, 0.15) is 0 Å². The standard InChI is InChI=1S/C16H14P.C10H15.Hf/c1-12-11-13-7-5-6-10-15(13)16(12)17-14-8-3-2-4-9-14;1-7-6-10(4,5)9(3)8(7)2;/h2-11,17H,1H3;1-5H3;/q2*-1;. The smallest absolute Gasteiger partial charge is 0 e. The molecule has 0 amide bonds. The van der Waals surface area contributed by atoms with Gasteiger partial charge in [0.05, 0.1) is 0 Å². The van der Waals surface area contributed by atoms with E-state index >= 15 is 0 Å². The van der Waals surface area contributed by atoms with Gasteiger partial charge in [0.2, 0.25) is 0 Å². The van der Waals surface area contributed by atoms with Crippen LogP contribution in [0.3, 0.4) is 0 Å². The number of hydrogen-bond acceptors (Lipinski definition) is 0. The van der Waals surface area contributed by atoms with Crippen molar-refractivity contribution in [2.75, 3.05) is 0 Å². The Morgan fingerprint density at radius 2 is 1.46 bits per heavy atom. The van der Waals surface area contributed by atoms with Gasteiger partial charge in [0, 0.05) is 25.8 Å². The minimum absolute atomic E-state index is 0. The molecule has 1 aliphatic rings. The second-order valence-corrected chi connectivity index (χ2v) is 9.23. The molecule has 1 aliphatic carbocycles. The minimum Gasteiger partial charge on any atom is -0.263 e. The number of allylic oxidation sites excluding steroid dienone is 4. The Balaban J connectivity index is 0.000000221. The van der Waals surface area contributed by atoms with Crippen LogP contribution in [0.4, 0.5) is 0 Å². The van der Waals surface area contributed by atoms with Gasteiger partial charge in [-0.3, -0.25) is 6.08 Å². The molecule has 0 aromatic heterocycles. The topological polar surface area (TPSA) is 0 Å². The first kappa shape index (κ1) is 23.1. The Labute approximate surface area is 191 Å². The monoisotopic (exact) mass is 552 g/mol. The fourth-order valence-corrected chi connectivity index (χ4v) is 4.89. The van der Waals surface area contributed by atoms with E-state index in [4.69, 9.17) is 0 Å². The fourth-order valence-electron chi connectivity index (χ4n) is 3.61. The molecule has 0 nitrogen and oxygen atoms in total. The van der Waals surface area contributed by atoms with E-state index in [0.717, 1.165) is 8.58 Å². The molecule has 2 heteroatoms. The number of aryl methyl sites for hydroxylation is 1. The van der Waals surface area contributed by atoms with Crippen molar-refractivity contribution in [2.45, 2.75) is 41.5 Å². The van der Waals surface area contributed by atoms with Crippen LogP contribution >= 0.6 is 8.58 Å². The minimum atomic E-state index is 0. The zero-order chi connectivity index (χ0) is 19.6. The van der Waals surface area contributed by atoms with Gasteiger partial charge < -0.3 is 0 Å². The predicted molar refractivity (Wildman–Crippen MR) is 123 cm³/mol. The van der Waals surface area contributed by atoms with Crippen LogP contribution in [0.1, 0.15) is 40.2 Å². The van der Waals surface area contributed by atoms with E-state index in [2.05, 4.69) is 108 Å². The van der Waals surface area contributed by atoms with E-state index in [0.29, 0.717) is 0 Å². The maximum absolute atomic E-state index is 3.44. The Morgan fingerprint density at radius 3 is 2.00 bits per heavy atom. The van der Waals surface area contributed by atoms with Crippen molar-refractivity contribution in [1.29, 1.82) is 0 Å². The third kappa shape index (κ3) is 5.05. The second kappa shape index (κ2) is 9.55. The Morgan fingerprint density at radius 1 is 0.857 bits per heavy atom. The normalized spacial score (nSPS) is 15.4. The molecular weight excluding hydrogens is 522 g/mol. The maximum atomic E-state index is 3.44. The third-order valence-electron chi connectivity index (χ3n) is 5.60. The molecule has 0 spiro atoms. The summed E-state index contributed by atoms with van der Waals surface area (Å²) in [5.41, 5.74) is 5.81. The summed E-state index contributed by atoms with van der Waals surface area (Å²) in [6, 6.07) is 21.7. The van der Waals surface area contributed by atoms with E-state index in [9.17, 15) is 0 Å². The molecule has 0 radical (unpaired) electrons. The molecule has 0 bridgehead atoms. The Kier molecular flexibility index (Phi) is 7.89. The van der Waals surface area contributed by atoms with Crippen LogP contribution in [0, 0.1) is 18.4 Å². The van der Waals surface area contributed by atoms with Crippen molar-refractivity contribution >= 4 is 30.0 Å². The SMILES string of the molecule is CC1=[C-]C(C)(C)C(C)=C1C.Cc1[cH-]c2ccccc2c1Pc1ccccc1.[Hf]. The molecule has 28 heavy (non-hydrogen) atoms. The number of hydrogen-bond donors (Lipinski definition) is 0. The molecule has 0 saturated heterocycles. The van der Waals surface area contributed by atoms with Crippen molar-refractivity contribution in [3.63, 3.8) is 0 Å². The van der Waals surface area contributed by atoms with Crippen LogP contribution in [-0.4, -0.2) is 0 Å². The van der Waals surface area contributed by atoms with Crippen molar-refractivity contribution < 1.29 is 25.8 Å². The van der Waals surface area contributed by atoms with Crippen LogP contribution in [0.15, 0.2) is 77.4 Å². The average Bonchev–Trinajstić information content (AvgIpc) is 3.05. The maximum Gasteiger partial charge on any atom is 0 e. The van der Waals surface area contributed by atoms with Gasteiger partial charge in [-0.15, -0.1) is 61.4 Å². The largest absolute Gasteiger partial charge is 0.263 e. The van der Waals surface area contributed by atoms with Crippen molar-refractivity contribution in [1.82, 2.24) is 0 Å². The van der Waals surface area contributed by atoms with Crippen LogP contribution < -0.4 is 10.6 Å². The molecule has 0 N–H and O–H groups in total. The third-order valence-corrected chi connectivity index (χ3v) is 7.14. The zero-order valence-electron chi connectivity index (χ0n) is 17.8. The summed E-state index contributed by atoms with van der Waals surface area (Å²) in [4.78, 5) is 0. The first-order chi connectivity index (χ1) is 12.8. The summed E-state index contributed by atoms with van der Waals surface area (Å²) in [7, 11) is 0.754. The van der Waals surface area contributed by atoms with Crippen molar-refractivity contribution in [2.24, 2.45) is 5.41 Å². The first-order valence-corrected chi connectivity index (χ1v) is 10.6. The van der Waals surface area contributed by atoms with Crippen LogP contribution in [-0.2, 0) is 25.8 Å². The van der Waals surface area contributed by atoms with Gasteiger partial charge in [-0.2, -0.15) is 11.1 Å². The van der Waals surface area contributed by atoms with E-state index in [1.807, 2.05) is 0 Å². The van der Waals surface area contributed by atoms with Gasteiger partial charge >= 0.3 is 0 Å². The number of benzene rings is 2. The molecule has 1 atom stereocenters. The summed E-state index contributed by atoms with van der Waals surface area (Å²) in [5, 5.41) is 5.68. The van der Waals surface area contributed by atoms with E-state index in [-0.39, 0.29) is 31.3 Å². The molecule has 3 aromatic rings. The number of rotatable bonds is 2. The molecule has 1 unspecified atom stereocenters. The van der Waals surface area contributed by atoms with Crippen molar-refractivity contribution in [3.8, 4) is 0 Å². The summed E-state index contributed by atoms with van der Waals surface area (Å²) >= 11 is 0. The Bertz CT molecular complexity index is 1000. The molecule has 3 aromatic carbocycles. The zero-order valence-corrected chi connectivity index (χ0v) is 22.4. The van der Waals surface area contributed by atoms with Crippen molar-refractivity contribution in [3.05, 3.63) is 89.0 Å². The summed E-state index contributed by atoms with van der Waals surface area (Å²) in [6.45, 7) is 13.1. The van der Waals surface area contributed by atoms with Crippen LogP contribution in [0.25, 0.3) is 10.8 Å². The predicted octanol–water partition coefficient (Wildman–Crippen LogP) is 6.61. The average molecular weight is 551 g/mol. The first-order valence-electron chi connectivity index (χ1n) is 9.57. The molecule has 144 valence electrons. The van der Waals surface area contributed by atoms with E-state index in [1.54, 1.807) is 0 Å². The quantitative estimate of drug-likeness (QED) is 0.191. The molecule has 0 aliphatic heterocycles. The second-order valence-electron chi connectivity index (χ2n) is 7.91. The molecule has 0 heterocycles. The van der Waals surface area contributed by atoms with Gasteiger partial charge in [-0.05, 0) is 5.30 Å². The molecular formula is C26H29HfP-2. The molecule has 4 rings (SSSR count). The van der Waals surface area contributed by atoms with Gasteiger partial charge in [0.25, 0.3) is 0 Å². The number of fused-ring (bicyclic) bond motifs is 1. The molecule has 0 fully saturated rings. The van der Waals surface area contributed by atoms with E-state index < -0.39 is 0 Å². The van der Waals surface area contributed by atoms with Gasteiger partial charge in [0.15, 0.2) is 0 Å².